The Labute approximate surface area is 131 Å². The van der Waals surface area contributed by atoms with Crippen LogP contribution in [0.3, 0.4) is 0 Å². The van der Waals surface area contributed by atoms with Gasteiger partial charge in [0.25, 0.3) is 5.56 Å². The van der Waals surface area contributed by atoms with E-state index in [1.807, 2.05) is 25.3 Å². The number of anilines is 1. The van der Waals surface area contributed by atoms with E-state index in [9.17, 15) is 4.79 Å². The van der Waals surface area contributed by atoms with E-state index in [1.165, 1.54) is 0 Å². The second-order valence-electron chi connectivity index (χ2n) is 5.53. The largest absolute Gasteiger partial charge is 0.345 e. The van der Waals surface area contributed by atoms with Crippen LogP contribution in [0.4, 0.5) is 5.82 Å². The van der Waals surface area contributed by atoms with Crippen LogP contribution < -0.4 is 10.5 Å². The van der Waals surface area contributed by atoms with Crippen LogP contribution in [0, 0.1) is 13.8 Å². The molecule has 0 aromatic carbocycles. The molecule has 22 heavy (non-hydrogen) atoms. The van der Waals surface area contributed by atoms with Crippen molar-refractivity contribution in [2.24, 2.45) is 7.05 Å². The van der Waals surface area contributed by atoms with E-state index in [2.05, 4.69) is 19.9 Å². The van der Waals surface area contributed by atoms with E-state index in [4.69, 9.17) is 0 Å². The van der Waals surface area contributed by atoms with Crippen LogP contribution >= 0.6 is 11.3 Å². The summed E-state index contributed by atoms with van der Waals surface area (Å²) in [6, 6.07) is 2.00. The molecule has 4 heterocycles. The second kappa shape index (κ2) is 4.61. The van der Waals surface area contributed by atoms with Crippen molar-refractivity contribution in [2.45, 2.75) is 26.9 Å². The molecule has 0 fully saturated rings. The minimum absolute atomic E-state index is 0.0400. The Morgan fingerprint density at radius 3 is 2.82 bits per heavy atom. The van der Waals surface area contributed by atoms with Crippen molar-refractivity contribution in [3.63, 3.8) is 0 Å². The highest BCUT2D eigenvalue weighted by Crippen LogP contribution is 2.32. The molecule has 0 saturated heterocycles. The molecule has 1 aliphatic rings. The van der Waals surface area contributed by atoms with Gasteiger partial charge >= 0.3 is 0 Å². The van der Waals surface area contributed by atoms with E-state index >= 15 is 0 Å². The third-order valence-corrected chi connectivity index (χ3v) is 4.98. The van der Waals surface area contributed by atoms with Gasteiger partial charge in [-0.25, -0.2) is 15.0 Å². The Kier molecular flexibility index (Phi) is 2.80. The number of fused-ring (bicyclic) bond motifs is 2. The van der Waals surface area contributed by atoms with Gasteiger partial charge in [-0.3, -0.25) is 9.36 Å². The summed E-state index contributed by atoms with van der Waals surface area (Å²) in [4.78, 5) is 28.1. The van der Waals surface area contributed by atoms with Crippen LogP contribution in [0.5, 0.6) is 0 Å². The lowest BCUT2D eigenvalue weighted by atomic mass is 10.2. The van der Waals surface area contributed by atoms with Gasteiger partial charge in [-0.05, 0) is 25.3 Å². The average Bonchev–Trinajstić information content (AvgIpc) is 3.10. The first-order valence-corrected chi connectivity index (χ1v) is 7.94. The topological polar surface area (TPSA) is 63.9 Å². The van der Waals surface area contributed by atoms with Gasteiger partial charge in [-0.1, -0.05) is 0 Å². The fraction of sp³-hybridized carbons (Fsp3) is 0.333. The zero-order valence-electron chi connectivity index (χ0n) is 12.6. The van der Waals surface area contributed by atoms with Crippen molar-refractivity contribution in [3.8, 4) is 0 Å². The minimum atomic E-state index is 0.0400. The molecule has 0 amide bonds. The molecule has 0 radical (unpaired) electrons. The van der Waals surface area contributed by atoms with Crippen molar-refractivity contribution in [1.29, 1.82) is 0 Å². The molecular weight excluding hydrogens is 298 g/mol. The van der Waals surface area contributed by atoms with Crippen molar-refractivity contribution in [1.82, 2.24) is 19.5 Å². The van der Waals surface area contributed by atoms with Crippen molar-refractivity contribution in [2.75, 3.05) is 4.90 Å². The summed E-state index contributed by atoms with van der Waals surface area (Å²) in [6.45, 7) is 4.93. The van der Waals surface area contributed by atoms with Crippen LogP contribution in [0.25, 0.3) is 10.2 Å². The molecule has 0 saturated carbocycles. The Morgan fingerprint density at radius 1 is 1.18 bits per heavy atom. The Bertz CT molecular complexity index is 958. The zero-order chi connectivity index (χ0) is 15.4. The zero-order valence-corrected chi connectivity index (χ0v) is 13.4. The summed E-state index contributed by atoms with van der Waals surface area (Å²) in [6.07, 6.45) is 0. The lowest BCUT2D eigenvalue weighted by molar-refractivity contribution is 0.754. The quantitative estimate of drug-likeness (QED) is 0.687. The molecule has 0 spiro atoms. The highest BCUT2D eigenvalue weighted by molar-refractivity contribution is 7.17. The first-order valence-electron chi connectivity index (χ1n) is 7.07. The van der Waals surface area contributed by atoms with Crippen LogP contribution in [0.1, 0.15) is 22.9 Å². The Hall–Kier alpha value is -2.28. The molecule has 0 bridgehead atoms. The number of nitrogens with zero attached hydrogens (tertiary/aromatic N) is 5. The molecular formula is C15H15N5OS. The number of hydrogen-bond acceptors (Lipinski definition) is 6. The Morgan fingerprint density at radius 2 is 2.00 bits per heavy atom. The molecule has 6 nitrogen and oxygen atoms in total. The van der Waals surface area contributed by atoms with Crippen molar-refractivity contribution in [3.05, 3.63) is 44.7 Å². The lowest BCUT2D eigenvalue weighted by Gasteiger charge is -2.17. The van der Waals surface area contributed by atoms with Gasteiger partial charge in [0, 0.05) is 7.05 Å². The smallest absolute Gasteiger partial charge is 0.258 e. The maximum atomic E-state index is 12.4. The molecule has 0 N–H and O–H groups in total. The van der Waals surface area contributed by atoms with Gasteiger partial charge in [-0.2, -0.15) is 0 Å². The van der Waals surface area contributed by atoms with E-state index < -0.39 is 0 Å². The van der Waals surface area contributed by atoms with E-state index in [0.29, 0.717) is 13.1 Å². The molecule has 7 heteroatoms. The van der Waals surface area contributed by atoms with Gasteiger partial charge in [0.2, 0.25) is 0 Å². The molecule has 3 aromatic rings. The molecule has 4 rings (SSSR count). The van der Waals surface area contributed by atoms with Crippen LogP contribution in [0.15, 0.2) is 16.2 Å². The van der Waals surface area contributed by atoms with Crippen LogP contribution in [-0.4, -0.2) is 19.5 Å². The average molecular weight is 313 g/mol. The summed E-state index contributed by atoms with van der Waals surface area (Å²) >= 11 is 1.63. The predicted molar refractivity (Wildman–Crippen MR) is 86.3 cm³/mol. The lowest BCUT2D eigenvalue weighted by Crippen LogP contribution is -2.25. The SMILES string of the molecule is Cc1nc(N2Cc3nc(C)n(C)c(=O)c3C2)c2sccc2n1. The van der Waals surface area contributed by atoms with E-state index in [0.717, 1.165) is 38.9 Å². The first kappa shape index (κ1) is 13.4. The monoisotopic (exact) mass is 313 g/mol. The van der Waals surface area contributed by atoms with Gasteiger partial charge < -0.3 is 4.90 Å². The molecule has 1 aliphatic heterocycles. The maximum Gasteiger partial charge on any atom is 0.258 e. The highest BCUT2D eigenvalue weighted by Gasteiger charge is 2.27. The minimum Gasteiger partial charge on any atom is -0.345 e. The summed E-state index contributed by atoms with van der Waals surface area (Å²) in [5.41, 5.74) is 2.63. The fourth-order valence-corrected chi connectivity index (χ4v) is 3.70. The maximum absolute atomic E-state index is 12.4. The first-order chi connectivity index (χ1) is 10.5. The van der Waals surface area contributed by atoms with Gasteiger partial charge in [0.05, 0.1) is 34.6 Å². The summed E-state index contributed by atoms with van der Waals surface area (Å²) < 4.78 is 2.67. The van der Waals surface area contributed by atoms with Gasteiger partial charge in [0.15, 0.2) is 5.82 Å². The van der Waals surface area contributed by atoms with Gasteiger partial charge in [0.1, 0.15) is 11.6 Å². The summed E-state index contributed by atoms with van der Waals surface area (Å²) in [5, 5.41) is 2.02. The number of rotatable bonds is 1. The molecule has 0 aliphatic carbocycles. The predicted octanol–water partition coefficient (Wildman–Crippen LogP) is 1.92. The van der Waals surface area contributed by atoms with Gasteiger partial charge in [-0.15, -0.1) is 11.3 Å². The van der Waals surface area contributed by atoms with Crippen LogP contribution in [-0.2, 0) is 20.1 Å². The van der Waals surface area contributed by atoms with Crippen molar-refractivity contribution < 1.29 is 0 Å². The van der Waals surface area contributed by atoms with E-state index in [-0.39, 0.29) is 5.56 Å². The summed E-state index contributed by atoms with van der Waals surface area (Å²) in [5.74, 6) is 2.38. The van der Waals surface area contributed by atoms with Crippen LogP contribution in [0.2, 0.25) is 0 Å². The molecule has 112 valence electrons. The normalized spacial score (nSPS) is 13.9. The molecule has 0 unspecified atom stereocenters. The Balaban J connectivity index is 1.84. The number of thiophene rings is 1. The second-order valence-corrected chi connectivity index (χ2v) is 6.45. The summed E-state index contributed by atoms with van der Waals surface area (Å²) in [7, 11) is 1.76. The van der Waals surface area contributed by atoms with Crippen molar-refractivity contribution >= 4 is 27.4 Å². The molecule has 0 atom stereocenters. The highest BCUT2D eigenvalue weighted by atomic mass is 32.1. The fourth-order valence-electron chi connectivity index (χ4n) is 2.85. The molecule has 3 aromatic heterocycles. The number of hydrogen-bond donors (Lipinski definition) is 0. The number of aromatic nitrogens is 4. The number of aryl methyl sites for hydroxylation is 2. The third kappa shape index (κ3) is 1.85. The standard InChI is InChI=1S/C15H15N5OS/c1-8-16-11-4-5-22-13(11)14(17-8)20-6-10-12(7-20)18-9(2)19(3)15(10)21/h4-5H,6-7H2,1-3H3. The third-order valence-electron chi connectivity index (χ3n) is 4.08. The van der Waals surface area contributed by atoms with E-state index in [1.54, 1.807) is 23.0 Å².